The molecule has 0 N–H and O–H groups in total. The van der Waals surface area contributed by atoms with Crippen LogP contribution in [0.1, 0.15) is 125 Å². The molecule has 250 valence electrons. The molecule has 4 nitrogen and oxygen atoms in total. The van der Waals surface area contributed by atoms with Gasteiger partial charge in [0.15, 0.2) is 0 Å². The van der Waals surface area contributed by atoms with Gasteiger partial charge in [0, 0.05) is 0 Å². The molecule has 0 aromatic heterocycles. The van der Waals surface area contributed by atoms with E-state index in [9.17, 15) is 0 Å². The number of hydrogen-bond acceptors (Lipinski definition) is 4. The Balaban J connectivity index is -0.0000000490. The SMILES string of the molecule is CC.CC.CC.CCN(CC)CC.CCN(CC)CC.CCN(CC)CC.CCN(CC)CC.C[Si](C)(C)Cl. The van der Waals surface area contributed by atoms with Crippen molar-refractivity contribution >= 4 is 18.5 Å². The molecule has 0 rings (SSSR count). The van der Waals surface area contributed by atoms with Crippen LogP contribution in [0.2, 0.25) is 19.6 Å². The van der Waals surface area contributed by atoms with Gasteiger partial charge in [-0.05, 0) is 78.5 Å². The van der Waals surface area contributed by atoms with E-state index in [4.69, 9.17) is 11.1 Å². The first kappa shape index (κ1) is 58.9. The second kappa shape index (κ2) is 58.1. The number of halogens is 1. The van der Waals surface area contributed by atoms with Gasteiger partial charge < -0.3 is 19.6 Å². The highest BCUT2D eigenvalue weighted by Gasteiger charge is 2.04. The van der Waals surface area contributed by atoms with Gasteiger partial charge in [-0.1, -0.05) is 144 Å². The summed E-state index contributed by atoms with van der Waals surface area (Å²) in [7, 11) is -1.14. The summed E-state index contributed by atoms with van der Waals surface area (Å²) in [5, 5.41) is 0. The minimum absolute atomic E-state index is 1.14. The zero-order valence-electron chi connectivity index (χ0n) is 32.2. The zero-order chi connectivity index (χ0) is 33.3. The maximum atomic E-state index is 5.67. The van der Waals surface area contributed by atoms with E-state index in [-0.39, 0.29) is 0 Å². The summed E-state index contributed by atoms with van der Waals surface area (Å²) in [6.45, 7) is 58.8. The molecule has 6 heteroatoms. The summed E-state index contributed by atoms with van der Waals surface area (Å²) in [6, 6.07) is 0. The summed E-state index contributed by atoms with van der Waals surface area (Å²) in [6.07, 6.45) is 0. The van der Waals surface area contributed by atoms with Gasteiger partial charge in [0.25, 0.3) is 0 Å². The van der Waals surface area contributed by atoms with Crippen LogP contribution in [0.5, 0.6) is 0 Å². The third-order valence-corrected chi connectivity index (χ3v) is 5.37. The van der Waals surface area contributed by atoms with Crippen molar-refractivity contribution in [3.63, 3.8) is 0 Å². The van der Waals surface area contributed by atoms with E-state index in [1.807, 2.05) is 41.5 Å². The van der Waals surface area contributed by atoms with Crippen LogP contribution in [0.15, 0.2) is 0 Å². The molecule has 0 aromatic carbocycles. The van der Waals surface area contributed by atoms with Gasteiger partial charge in [-0.2, -0.15) is 11.1 Å². The monoisotopic (exact) mass is 603 g/mol. The Morgan fingerprint density at radius 2 is 0.359 bits per heavy atom. The predicted octanol–water partition coefficient (Wildman–Crippen LogP) is 10.5. The van der Waals surface area contributed by atoms with Crippen LogP contribution < -0.4 is 0 Å². The lowest BCUT2D eigenvalue weighted by atomic mass is 10.5. The van der Waals surface area contributed by atoms with Crippen molar-refractivity contribution in [3.8, 4) is 0 Å². The fourth-order valence-corrected chi connectivity index (χ4v) is 2.68. The fourth-order valence-electron chi connectivity index (χ4n) is 2.68. The minimum Gasteiger partial charge on any atom is -0.304 e. The normalized spacial score (nSPS) is 9.38. The van der Waals surface area contributed by atoms with Gasteiger partial charge in [-0.15, -0.1) is 0 Å². The molecule has 0 unspecified atom stereocenters. The van der Waals surface area contributed by atoms with Gasteiger partial charge in [-0.3, -0.25) is 0 Å². The highest BCUT2D eigenvalue weighted by molar-refractivity contribution is 7.18. The van der Waals surface area contributed by atoms with Crippen LogP contribution in [0, 0.1) is 0 Å². The van der Waals surface area contributed by atoms with Crippen molar-refractivity contribution < 1.29 is 0 Å². The first-order valence-corrected chi connectivity index (χ1v) is 21.5. The third-order valence-electron chi connectivity index (χ3n) is 5.37. The molecule has 0 aliphatic rings. The molecule has 0 atom stereocenters. The average molecular weight is 604 g/mol. The van der Waals surface area contributed by atoms with Crippen LogP contribution in [-0.2, 0) is 0 Å². The minimum atomic E-state index is -1.14. The summed E-state index contributed by atoms with van der Waals surface area (Å²) in [4.78, 5) is 9.50. The Bertz CT molecular complexity index is 225. The Labute approximate surface area is 260 Å². The lowest BCUT2D eigenvalue weighted by Crippen LogP contribution is -2.21. The maximum absolute atomic E-state index is 5.67. The van der Waals surface area contributed by atoms with Crippen LogP contribution in [0.25, 0.3) is 0 Å². The van der Waals surface area contributed by atoms with Crippen molar-refractivity contribution in [2.75, 3.05) is 78.5 Å². The smallest absolute Gasteiger partial charge is 0.147 e. The topological polar surface area (TPSA) is 13.0 Å². The zero-order valence-corrected chi connectivity index (χ0v) is 33.9. The van der Waals surface area contributed by atoms with E-state index < -0.39 is 7.38 Å². The Kier molecular flexibility index (Phi) is 87.7. The lowest BCUT2D eigenvalue weighted by Gasteiger charge is -2.13. The van der Waals surface area contributed by atoms with Crippen LogP contribution in [0.4, 0.5) is 0 Å². The summed E-state index contributed by atoms with van der Waals surface area (Å²) < 4.78 is 0. The second-order valence-corrected chi connectivity index (χ2v) is 16.1. The van der Waals surface area contributed by atoms with E-state index in [0.29, 0.717) is 0 Å². The van der Waals surface area contributed by atoms with Gasteiger partial charge >= 0.3 is 0 Å². The maximum Gasteiger partial charge on any atom is 0.147 e. The molecule has 39 heavy (non-hydrogen) atoms. The van der Waals surface area contributed by atoms with Crippen LogP contribution in [0.3, 0.4) is 0 Å². The molecular formula is C33H87ClN4Si. The number of hydrogen-bond donors (Lipinski definition) is 0. The highest BCUT2D eigenvalue weighted by Crippen LogP contribution is 2.03. The Hall–Kier alpha value is 0.347. The molecule has 0 saturated heterocycles. The first-order chi connectivity index (χ1) is 18.4. The molecule has 0 aliphatic carbocycles. The highest BCUT2D eigenvalue weighted by atomic mass is 35.6. The predicted molar refractivity (Wildman–Crippen MR) is 197 cm³/mol. The second-order valence-electron chi connectivity index (χ2n) is 8.54. The fraction of sp³-hybridized carbons (Fsp3) is 1.00. The van der Waals surface area contributed by atoms with E-state index in [2.05, 4.69) is 122 Å². The number of nitrogens with zero attached hydrogens (tertiary/aromatic N) is 4. The quantitative estimate of drug-likeness (QED) is 0.163. The van der Waals surface area contributed by atoms with Gasteiger partial charge in [0.1, 0.15) is 7.38 Å². The first-order valence-electron chi connectivity index (χ1n) is 17.0. The van der Waals surface area contributed by atoms with Crippen molar-refractivity contribution in [2.24, 2.45) is 0 Å². The van der Waals surface area contributed by atoms with E-state index in [0.717, 1.165) is 0 Å². The van der Waals surface area contributed by atoms with Crippen molar-refractivity contribution in [1.82, 2.24) is 19.6 Å². The van der Waals surface area contributed by atoms with Gasteiger partial charge in [0.05, 0.1) is 0 Å². The molecule has 0 aliphatic heterocycles. The van der Waals surface area contributed by atoms with E-state index >= 15 is 0 Å². The Morgan fingerprint density at radius 1 is 0.308 bits per heavy atom. The van der Waals surface area contributed by atoms with Gasteiger partial charge in [-0.25, -0.2) is 0 Å². The molecule has 0 fully saturated rings. The summed E-state index contributed by atoms with van der Waals surface area (Å²) in [5.41, 5.74) is 0. The molecule has 0 heterocycles. The van der Waals surface area contributed by atoms with Crippen molar-refractivity contribution in [1.29, 1.82) is 0 Å². The molecule has 0 saturated carbocycles. The lowest BCUT2D eigenvalue weighted by molar-refractivity contribution is 0.321. The standard InChI is InChI=1S/4C6H15N.C3H9ClSi.3C2H6/c4*1-4-7(5-2)6-3;1-5(2,3)4;3*1-2/h4*4-6H2,1-3H3;1-3H3;3*1-2H3. The molecule has 0 aromatic rings. The van der Waals surface area contributed by atoms with Crippen molar-refractivity contribution in [3.05, 3.63) is 0 Å². The Morgan fingerprint density at radius 3 is 0.359 bits per heavy atom. The molecule has 0 bridgehead atoms. The molecule has 0 amide bonds. The third kappa shape index (κ3) is 85.5. The molecular weight excluding hydrogens is 516 g/mol. The summed E-state index contributed by atoms with van der Waals surface area (Å²) in [5.74, 6) is 0. The average Bonchev–Trinajstić information content (AvgIpc) is 2.96. The van der Waals surface area contributed by atoms with E-state index in [1.165, 1.54) is 78.5 Å². The van der Waals surface area contributed by atoms with Crippen molar-refractivity contribution in [2.45, 2.75) is 144 Å². The summed E-state index contributed by atoms with van der Waals surface area (Å²) >= 11 is 5.67. The van der Waals surface area contributed by atoms with Gasteiger partial charge in [0.2, 0.25) is 0 Å². The largest absolute Gasteiger partial charge is 0.304 e. The van der Waals surface area contributed by atoms with Crippen LogP contribution in [-0.4, -0.2) is 106 Å². The van der Waals surface area contributed by atoms with E-state index in [1.54, 1.807) is 0 Å². The molecule has 0 spiro atoms. The molecule has 0 radical (unpaired) electrons. The number of rotatable bonds is 12. The van der Waals surface area contributed by atoms with Crippen LogP contribution >= 0.6 is 11.1 Å².